The standard InChI is InChI=1S/C20H24N6/c1-3-26(14-15-12-23-25(2)13-15)20-18(11-22)17(10-21)16-8-6-4-5-7-9-19(16)24-20/h12-13H,3-9,14H2,1-2H3. The Morgan fingerprint density at radius 1 is 1.12 bits per heavy atom. The van der Waals surface area contributed by atoms with E-state index in [-0.39, 0.29) is 0 Å². The van der Waals surface area contributed by atoms with Gasteiger partial charge in [0, 0.05) is 37.6 Å². The van der Waals surface area contributed by atoms with Crippen LogP contribution in [-0.2, 0) is 26.4 Å². The van der Waals surface area contributed by atoms with Gasteiger partial charge < -0.3 is 4.90 Å². The van der Waals surface area contributed by atoms with E-state index in [2.05, 4.69) is 22.1 Å². The first-order chi connectivity index (χ1) is 12.7. The van der Waals surface area contributed by atoms with Crippen molar-refractivity contribution >= 4 is 5.82 Å². The Labute approximate surface area is 154 Å². The molecule has 1 aliphatic rings. The lowest BCUT2D eigenvalue weighted by Gasteiger charge is -2.25. The van der Waals surface area contributed by atoms with Crippen molar-refractivity contribution in [2.75, 3.05) is 11.4 Å². The fraction of sp³-hybridized carbons (Fsp3) is 0.500. The molecule has 0 fully saturated rings. The molecule has 6 nitrogen and oxygen atoms in total. The maximum Gasteiger partial charge on any atom is 0.148 e. The van der Waals surface area contributed by atoms with Gasteiger partial charge in [-0.3, -0.25) is 4.68 Å². The normalized spacial score (nSPS) is 13.8. The van der Waals surface area contributed by atoms with Crippen LogP contribution in [0.2, 0.25) is 0 Å². The Bertz CT molecular complexity index is 868. The summed E-state index contributed by atoms with van der Waals surface area (Å²) >= 11 is 0. The zero-order chi connectivity index (χ0) is 18.5. The van der Waals surface area contributed by atoms with E-state index in [4.69, 9.17) is 4.98 Å². The predicted octanol–water partition coefficient (Wildman–Crippen LogP) is 3.24. The molecule has 0 spiro atoms. The SMILES string of the molecule is CCN(Cc1cnn(C)c1)c1nc2c(c(C#N)c1C#N)CCCCCC2. The second-order valence-electron chi connectivity index (χ2n) is 6.78. The molecule has 0 saturated carbocycles. The van der Waals surface area contributed by atoms with Crippen LogP contribution in [0.4, 0.5) is 5.82 Å². The van der Waals surface area contributed by atoms with E-state index in [0.29, 0.717) is 30.0 Å². The Kier molecular flexibility index (Phi) is 5.53. The van der Waals surface area contributed by atoms with E-state index in [1.165, 1.54) is 12.8 Å². The number of nitriles is 2. The second-order valence-corrected chi connectivity index (χ2v) is 6.78. The molecule has 0 unspecified atom stereocenters. The lowest BCUT2D eigenvalue weighted by molar-refractivity contribution is 0.606. The maximum atomic E-state index is 9.79. The van der Waals surface area contributed by atoms with Crippen molar-refractivity contribution in [2.45, 2.75) is 52.0 Å². The molecule has 134 valence electrons. The molecule has 2 aromatic rings. The molecule has 3 rings (SSSR count). The van der Waals surface area contributed by atoms with Crippen LogP contribution in [0.5, 0.6) is 0 Å². The Morgan fingerprint density at radius 2 is 1.85 bits per heavy atom. The number of hydrogen-bond acceptors (Lipinski definition) is 5. The number of rotatable bonds is 4. The molecule has 0 bridgehead atoms. The van der Waals surface area contributed by atoms with Crippen molar-refractivity contribution in [3.05, 3.63) is 40.3 Å². The van der Waals surface area contributed by atoms with E-state index >= 15 is 0 Å². The first kappa shape index (κ1) is 17.9. The minimum Gasteiger partial charge on any atom is -0.351 e. The summed E-state index contributed by atoms with van der Waals surface area (Å²) in [4.78, 5) is 6.96. The third-order valence-corrected chi connectivity index (χ3v) is 4.99. The molecular weight excluding hydrogens is 324 g/mol. The molecule has 2 heterocycles. The Morgan fingerprint density at radius 3 is 2.46 bits per heavy atom. The van der Waals surface area contributed by atoms with Gasteiger partial charge in [0.15, 0.2) is 0 Å². The van der Waals surface area contributed by atoms with Gasteiger partial charge in [-0.25, -0.2) is 4.98 Å². The van der Waals surface area contributed by atoms with Crippen molar-refractivity contribution in [3.63, 3.8) is 0 Å². The number of nitrogens with zero attached hydrogens (tertiary/aromatic N) is 6. The molecule has 0 aromatic carbocycles. The zero-order valence-corrected chi connectivity index (χ0v) is 15.5. The third kappa shape index (κ3) is 3.55. The van der Waals surface area contributed by atoms with E-state index in [1.54, 1.807) is 4.68 Å². The fourth-order valence-corrected chi connectivity index (χ4v) is 3.65. The highest BCUT2D eigenvalue weighted by molar-refractivity contribution is 5.65. The van der Waals surface area contributed by atoms with Crippen LogP contribution in [0.1, 0.15) is 60.6 Å². The summed E-state index contributed by atoms with van der Waals surface area (Å²) in [6.07, 6.45) is 10.0. The molecule has 0 atom stereocenters. The van der Waals surface area contributed by atoms with Crippen LogP contribution >= 0.6 is 0 Å². The second kappa shape index (κ2) is 8.01. The van der Waals surface area contributed by atoms with Gasteiger partial charge in [0.2, 0.25) is 0 Å². The zero-order valence-electron chi connectivity index (χ0n) is 15.5. The fourth-order valence-electron chi connectivity index (χ4n) is 3.65. The first-order valence-electron chi connectivity index (χ1n) is 9.26. The molecular formula is C20H24N6. The molecule has 26 heavy (non-hydrogen) atoms. The predicted molar refractivity (Wildman–Crippen MR) is 99.5 cm³/mol. The average molecular weight is 348 g/mol. The van der Waals surface area contributed by atoms with Crippen LogP contribution in [0, 0.1) is 22.7 Å². The maximum absolute atomic E-state index is 9.79. The number of fused-ring (bicyclic) bond motifs is 1. The Balaban J connectivity index is 2.08. The van der Waals surface area contributed by atoms with Crippen LogP contribution in [0.25, 0.3) is 0 Å². The minimum absolute atomic E-state index is 0.414. The van der Waals surface area contributed by atoms with E-state index in [1.807, 2.05) is 26.4 Å². The summed E-state index contributed by atoms with van der Waals surface area (Å²) in [5, 5.41) is 23.8. The van der Waals surface area contributed by atoms with Gasteiger partial charge in [-0.1, -0.05) is 12.8 Å². The van der Waals surface area contributed by atoms with Crippen LogP contribution in [-0.4, -0.2) is 21.3 Å². The van der Waals surface area contributed by atoms with Crippen molar-refractivity contribution in [3.8, 4) is 12.1 Å². The summed E-state index contributed by atoms with van der Waals surface area (Å²) < 4.78 is 1.77. The van der Waals surface area contributed by atoms with E-state index < -0.39 is 0 Å². The smallest absolute Gasteiger partial charge is 0.148 e. The highest BCUT2D eigenvalue weighted by atomic mass is 15.2. The quantitative estimate of drug-likeness (QED) is 0.847. The minimum atomic E-state index is 0.414. The lowest BCUT2D eigenvalue weighted by Crippen LogP contribution is -2.25. The molecule has 1 aliphatic carbocycles. The summed E-state index contributed by atoms with van der Waals surface area (Å²) in [6.45, 7) is 3.37. The van der Waals surface area contributed by atoms with Crippen LogP contribution in [0.15, 0.2) is 12.4 Å². The van der Waals surface area contributed by atoms with Crippen LogP contribution < -0.4 is 4.90 Å². The van der Waals surface area contributed by atoms with Gasteiger partial charge in [-0.2, -0.15) is 15.6 Å². The van der Waals surface area contributed by atoms with Gasteiger partial charge in [0.1, 0.15) is 23.5 Å². The number of pyridine rings is 1. The monoisotopic (exact) mass is 348 g/mol. The van der Waals surface area contributed by atoms with Gasteiger partial charge >= 0.3 is 0 Å². The summed E-state index contributed by atoms with van der Waals surface area (Å²) in [6, 6.07) is 4.56. The summed E-state index contributed by atoms with van der Waals surface area (Å²) in [5.74, 6) is 0.634. The first-order valence-corrected chi connectivity index (χ1v) is 9.26. The highest BCUT2D eigenvalue weighted by Crippen LogP contribution is 2.30. The number of hydrogen-bond donors (Lipinski definition) is 0. The molecule has 0 aliphatic heterocycles. The van der Waals surface area contributed by atoms with Gasteiger partial charge in [0.05, 0.1) is 11.8 Å². The highest BCUT2D eigenvalue weighted by Gasteiger charge is 2.23. The van der Waals surface area contributed by atoms with E-state index in [9.17, 15) is 10.5 Å². The molecule has 0 N–H and O–H groups in total. The van der Waals surface area contributed by atoms with Crippen molar-refractivity contribution in [2.24, 2.45) is 7.05 Å². The molecule has 0 saturated heterocycles. The topological polar surface area (TPSA) is 81.5 Å². The molecule has 2 aromatic heterocycles. The van der Waals surface area contributed by atoms with Gasteiger partial charge in [-0.05, 0) is 38.2 Å². The number of aromatic nitrogens is 3. The number of anilines is 1. The largest absolute Gasteiger partial charge is 0.351 e. The Hall–Kier alpha value is -2.86. The molecule has 0 radical (unpaired) electrons. The van der Waals surface area contributed by atoms with Crippen LogP contribution in [0.3, 0.4) is 0 Å². The lowest BCUT2D eigenvalue weighted by atomic mass is 9.91. The average Bonchev–Trinajstić information content (AvgIpc) is 3.04. The summed E-state index contributed by atoms with van der Waals surface area (Å²) in [7, 11) is 1.89. The van der Waals surface area contributed by atoms with Crippen molar-refractivity contribution in [1.29, 1.82) is 10.5 Å². The molecule has 6 heteroatoms. The van der Waals surface area contributed by atoms with Gasteiger partial charge in [-0.15, -0.1) is 0 Å². The third-order valence-electron chi connectivity index (χ3n) is 4.99. The van der Waals surface area contributed by atoms with Crippen molar-refractivity contribution < 1.29 is 0 Å². The number of aryl methyl sites for hydroxylation is 2. The van der Waals surface area contributed by atoms with Gasteiger partial charge in [0.25, 0.3) is 0 Å². The molecule has 0 amide bonds. The van der Waals surface area contributed by atoms with Crippen molar-refractivity contribution in [1.82, 2.24) is 14.8 Å². The summed E-state index contributed by atoms with van der Waals surface area (Å²) in [5.41, 5.74) is 3.99. The van der Waals surface area contributed by atoms with E-state index in [0.717, 1.165) is 42.5 Å².